The second-order valence-electron chi connectivity index (χ2n) is 7.60. The molecule has 31 heavy (non-hydrogen) atoms. The molecule has 6 nitrogen and oxygen atoms in total. The molecule has 154 valence electrons. The van der Waals surface area contributed by atoms with E-state index in [2.05, 4.69) is 45.2 Å². The Morgan fingerprint density at radius 3 is 2.48 bits per heavy atom. The molecule has 0 bridgehead atoms. The third kappa shape index (κ3) is 3.80. The van der Waals surface area contributed by atoms with Crippen molar-refractivity contribution in [2.45, 2.75) is 13.0 Å². The van der Waals surface area contributed by atoms with Gasteiger partial charge in [-0.1, -0.05) is 42.5 Å². The number of aromatic nitrogens is 2. The lowest BCUT2D eigenvalue weighted by molar-refractivity contribution is 0.0697. The Hall–Kier alpha value is -3.93. The summed E-state index contributed by atoms with van der Waals surface area (Å²) in [6.07, 6.45) is 1.05. The van der Waals surface area contributed by atoms with Crippen LogP contribution in [-0.4, -0.2) is 39.6 Å². The maximum Gasteiger partial charge on any atom is 0.335 e. The summed E-state index contributed by atoms with van der Waals surface area (Å²) in [6, 6.07) is 23.4. The summed E-state index contributed by atoms with van der Waals surface area (Å²) in [4.78, 5) is 20.8. The minimum atomic E-state index is -0.935. The van der Waals surface area contributed by atoms with E-state index in [1.165, 1.54) is 5.56 Å². The zero-order valence-corrected chi connectivity index (χ0v) is 17.0. The number of fused-ring (bicyclic) bond motifs is 1. The monoisotopic (exact) mass is 410 g/mol. The fourth-order valence-electron chi connectivity index (χ4n) is 3.91. The van der Waals surface area contributed by atoms with E-state index in [4.69, 9.17) is 4.98 Å². The lowest BCUT2D eigenvalue weighted by atomic mass is 10.1. The number of carboxylic acids is 1. The third-order valence-corrected chi connectivity index (χ3v) is 5.49. The van der Waals surface area contributed by atoms with Crippen LogP contribution < -0.4 is 5.32 Å². The predicted octanol–water partition coefficient (Wildman–Crippen LogP) is 4.19. The zero-order valence-electron chi connectivity index (χ0n) is 17.0. The second-order valence-corrected chi connectivity index (χ2v) is 7.60. The van der Waals surface area contributed by atoms with Gasteiger partial charge < -0.3 is 15.0 Å². The Balaban J connectivity index is 1.63. The Labute approximate surface area is 179 Å². The molecule has 4 aromatic rings. The van der Waals surface area contributed by atoms with Gasteiger partial charge in [0.2, 0.25) is 0 Å². The topological polar surface area (TPSA) is 79.5 Å². The standard InChI is InChI=1S/C25H22N4O2/c30-25(31)19-9-7-18(8-10-19)24-28-21-15-20(23-26-13-4-14-27-23)11-12-22(21)29(24)16-17-5-2-1-3-6-17/h1-3,5-12,15H,4,13-14,16H2,(H,26,27)(H,30,31). The van der Waals surface area contributed by atoms with Crippen molar-refractivity contribution in [2.75, 3.05) is 13.1 Å². The van der Waals surface area contributed by atoms with E-state index in [0.29, 0.717) is 6.54 Å². The second kappa shape index (κ2) is 8.07. The van der Waals surface area contributed by atoms with Crippen LogP contribution in [0.3, 0.4) is 0 Å². The summed E-state index contributed by atoms with van der Waals surface area (Å²) in [6.45, 7) is 2.44. The molecular formula is C25H22N4O2. The van der Waals surface area contributed by atoms with Gasteiger partial charge in [0.25, 0.3) is 0 Å². The lowest BCUT2D eigenvalue weighted by Gasteiger charge is -2.14. The van der Waals surface area contributed by atoms with Crippen LogP contribution in [0.1, 0.15) is 27.9 Å². The van der Waals surface area contributed by atoms with Crippen molar-refractivity contribution < 1.29 is 9.90 Å². The molecule has 1 aliphatic rings. The molecule has 1 aliphatic heterocycles. The molecule has 3 aromatic carbocycles. The van der Waals surface area contributed by atoms with Gasteiger partial charge in [-0.25, -0.2) is 9.78 Å². The Bertz CT molecular complexity index is 1270. The quantitative estimate of drug-likeness (QED) is 0.517. The van der Waals surface area contributed by atoms with Crippen LogP contribution in [0.2, 0.25) is 0 Å². The molecule has 0 unspecified atom stereocenters. The highest BCUT2D eigenvalue weighted by Crippen LogP contribution is 2.27. The fraction of sp³-hybridized carbons (Fsp3) is 0.160. The molecule has 0 aliphatic carbocycles. The summed E-state index contributed by atoms with van der Waals surface area (Å²) in [5, 5.41) is 12.6. The van der Waals surface area contributed by atoms with Crippen molar-refractivity contribution in [3.05, 3.63) is 89.5 Å². The average molecular weight is 410 g/mol. The number of amidine groups is 1. The molecule has 0 amide bonds. The van der Waals surface area contributed by atoms with Gasteiger partial charge in [0.15, 0.2) is 0 Å². The van der Waals surface area contributed by atoms with Crippen molar-refractivity contribution in [1.29, 1.82) is 0 Å². The molecule has 2 heterocycles. The molecule has 0 spiro atoms. The highest BCUT2D eigenvalue weighted by molar-refractivity contribution is 6.01. The number of nitrogens with one attached hydrogen (secondary N) is 1. The molecule has 0 saturated heterocycles. The molecule has 5 rings (SSSR count). The Morgan fingerprint density at radius 2 is 1.77 bits per heavy atom. The van der Waals surface area contributed by atoms with Crippen molar-refractivity contribution in [3.63, 3.8) is 0 Å². The highest BCUT2D eigenvalue weighted by Gasteiger charge is 2.16. The third-order valence-electron chi connectivity index (χ3n) is 5.49. The minimum Gasteiger partial charge on any atom is -0.478 e. The largest absolute Gasteiger partial charge is 0.478 e. The van der Waals surface area contributed by atoms with Crippen LogP contribution in [-0.2, 0) is 6.54 Å². The van der Waals surface area contributed by atoms with Crippen LogP contribution in [0, 0.1) is 0 Å². The molecule has 6 heteroatoms. The normalized spacial score (nSPS) is 13.6. The SMILES string of the molecule is O=C(O)c1ccc(-c2nc3cc(C4=NCCCN4)ccc3n2Cc2ccccc2)cc1. The van der Waals surface area contributed by atoms with E-state index >= 15 is 0 Å². The number of aromatic carboxylic acids is 1. The summed E-state index contributed by atoms with van der Waals surface area (Å²) >= 11 is 0. The lowest BCUT2D eigenvalue weighted by Crippen LogP contribution is -2.30. The molecule has 0 saturated carbocycles. The highest BCUT2D eigenvalue weighted by atomic mass is 16.4. The number of imidazole rings is 1. The molecule has 2 N–H and O–H groups in total. The molecule has 0 atom stereocenters. The van der Waals surface area contributed by atoms with E-state index in [1.54, 1.807) is 12.1 Å². The first-order chi connectivity index (χ1) is 15.2. The van der Waals surface area contributed by atoms with E-state index < -0.39 is 5.97 Å². The average Bonchev–Trinajstić information content (AvgIpc) is 3.18. The number of hydrogen-bond acceptors (Lipinski definition) is 4. The van der Waals surface area contributed by atoms with Gasteiger partial charge in [0.1, 0.15) is 11.7 Å². The van der Waals surface area contributed by atoms with Crippen LogP contribution in [0.25, 0.3) is 22.4 Å². The summed E-state index contributed by atoms with van der Waals surface area (Å²) in [7, 11) is 0. The summed E-state index contributed by atoms with van der Waals surface area (Å²) in [5.74, 6) is 0.791. The first-order valence-electron chi connectivity index (χ1n) is 10.4. The smallest absolute Gasteiger partial charge is 0.335 e. The van der Waals surface area contributed by atoms with E-state index in [-0.39, 0.29) is 5.56 Å². The van der Waals surface area contributed by atoms with Gasteiger partial charge >= 0.3 is 5.97 Å². The number of nitrogens with zero attached hydrogens (tertiary/aromatic N) is 3. The summed E-state index contributed by atoms with van der Waals surface area (Å²) < 4.78 is 2.18. The van der Waals surface area contributed by atoms with Gasteiger partial charge in [-0.3, -0.25) is 4.99 Å². The van der Waals surface area contributed by atoms with Gasteiger partial charge in [0.05, 0.1) is 16.6 Å². The van der Waals surface area contributed by atoms with Crippen molar-refractivity contribution >= 4 is 22.8 Å². The minimum absolute atomic E-state index is 0.262. The number of aliphatic imine (C=N–C) groups is 1. The number of carbonyl (C=O) groups is 1. The Kier molecular flexibility index (Phi) is 4.96. The van der Waals surface area contributed by atoms with Crippen LogP contribution in [0.15, 0.2) is 77.8 Å². The number of carboxylic acid groups (broad SMARTS) is 1. The molecule has 0 radical (unpaired) electrons. The van der Waals surface area contributed by atoms with E-state index in [1.807, 2.05) is 30.3 Å². The molecule has 0 fully saturated rings. The first-order valence-corrected chi connectivity index (χ1v) is 10.4. The van der Waals surface area contributed by atoms with E-state index in [0.717, 1.165) is 53.3 Å². The van der Waals surface area contributed by atoms with Gasteiger partial charge in [-0.15, -0.1) is 0 Å². The van der Waals surface area contributed by atoms with Crippen LogP contribution in [0.4, 0.5) is 0 Å². The first kappa shape index (κ1) is 19.1. The van der Waals surface area contributed by atoms with Gasteiger partial charge in [0, 0.05) is 30.8 Å². The fourth-order valence-corrected chi connectivity index (χ4v) is 3.91. The summed E-state index contributed by atoms with van der Waals surface area (Å²) in [5.41, 5.74) is 5.27. The zero-order chi connectivity index (χ0) is 21.2. The molecular weight excluding hydrogens is 388 g/mol. The maximum absolute atomic E-state index is 11.2. The number of rotatable bonds is 5. The van der Waals surface area contributed by atoms with Gasteiger partial charge in [-0.2, -0.15) is 0 Å². The maximum atomic E-state index is 11.2. The number of hydrogen-bond donors (Lipinski definition) is 2. The van der Waals surface area contributed by atoms with Crippen LogP contribution in [0.5, 0.6) is 0 Å². The van der Waals surface area contributed by atoms with Gasteiger partial charge in [-0.05, 0) is 42.3 Å². The van der Waals surface area contributed by atoms with Crippen molar-refractivity contribution in [1.82, 2.24) is 14.9 Å². The van der Waals surface area contributed by atoms with Crippen molar-refractivity contribution in [3.8, 4) is 11.4 Å². The van der Waals surface area contributed by atoms with Crippen LogP contribution >= 0.6 is 0 Å². The van der Waals surface area contributed by atoms with E-state index in [9.17, 15) is 9.90 Å². The predicted molar refractivity (Wildman–Crippen MR) is 122 cm³/mol. The Morgan fingerprint density at radius 1 is 1.00 bits per heavy atom. The number of benzene rings is 3. The molecule has 1 aromatic heterocycles. The van der Waals surface area contributed by atoms with Crippen molar-refractivity contribution in [2.24, 2.45) is 4.99 Å².